The molecule has 0 saturated heterocycles. The van der Waals surface area contributed by atoms with E-state index < -0.39 is 5.97 Å². The van der Waals surface area contributed by atoms with E-state index in [-0.39, 0.29) is 18.4 Å². The lowest BCUT2D eigenvalue weighted by molar-refractivity contribution is -0.137. The van der Waals surface area contributed by atoms with Gasteiger partial charge in [0.25, 0.3) is 0 Å². The Morgan fingerprint density at radius 1 is 1.06 bits per heavy atom. The zero-order valence-electron chi connectivity index (χ0n) is 11.8. The normalized spacial score (nSPS) is 14.1. The molecule has 0 radical (unpaired) electrons. The van der Waals surface area contributed by atoms with Gasteiger partial charge >= 0.3 is 12.0 Å². The molecule has 0 aliphatic rings. The van der Waals surface area contributed by atoms with Crippen LogP contribution in [0.25, 0.3) is 0 Å². The molecule has 106 valence electrons. The molecular formula is C13H26N2O3. The molecule has 0 aromatic heterocycles. The fraction of sp³-hybridized carbons (Fsp3) is 0.846. The Hall–Kier alpha value is -1.26. The molecule has 5 heteroatoms. The summed E-state index contributed by atoms with van der Waals surface area (Å²) in [5, 5.41) is 14.1. The lowest BCUT2D eigenvalue weighted by Crippen LogP contribution is -2.40. The lowest BCUT2D eigenvalue weighted by Gasteiger charge is -2.17. The molecule has 2 unspecified atom stereocenters. The molecule has 2 atom stereocenters. The summed E-state index contributed by atoms with van der Waals surface area (Å²) < 4.78 is 0. The van der Waals surface area contributed by atoms with Crippen molar-refractivity contribution in [2.75, 3.05) is 13.1 Å². The zero-order chi connectivity index (χ0) is 14.1. The quantitative estimate of drug-likeness (QED) is 0.623. The summed E-state index contributed by atoms with van der Waals surface area (Å²) in [7, 11) is 0. The number of carboxylic acids is 1. The molecule has 2 amide bonds. The maximum absolute atomic E-state index is 11.5. The number of rotatable bonds is 8. The van der Waals surface area contributed by atoms with Gasteiger partial charge in [0.15, 0.2) is 0 Å². The maximum atomic E-state index is 11.5. The van der Waals surface area contributed by atoms with Gasteiger partial charge in [-0.05, 0) is 24.2 Å². The number of amides is 2. The van der Waals surface area contributed by atoms with E-state index in [0.717, 1.165) is 0 Å². The number of hydrogen-bond acceptors (Lipinski definition) is 2. The van der Waals surface area contributed by atoms with Crippen molar-refractivity contribution in [3.63, 3.8) is 0 Å². The predicted molar refractivity (Wildman–Crippen MR) is 71.4 cm³/mol. The average molecular weight is 258 g/mol. The topological polar surface area (TPSA) is 78.4 Å². The average Bonchev–Trinajstić information content (AvgIpc) is 2.30. The number of carbonyl (C=O) groups excluding carboxylic acids is 1. The van der Waals surface area contributed by atoms with Gasteiger partial charge in [-0.3, -0.25) is 4.79 Å². The van der Waals surface area contributed by atoms with Gasteiger partial charge in [0, 0.05) is 19.5 Å². The van der Waals surface area contributed by atoms with E-state index in [9.17, 15) is 9.59 Å². The summed E-state index contributed by atoms with van der Waals surface area (Å²) in [6, 6.07) is -0.176. The van der Waals surface area contributed by atoms with E-state index >= 15 is 0 Å². The Morgan fingerprint density at radius 2 is 1.61 bits per heavy atom. The van der Waals surface area contributed by atoms with Crippen LogP contribution < -0.4 is 10.6 Å². The highest BCUT2D eigenvalue weighted by molar-refractivity contribution is 5.73. The largest absolute Gasteiger partial charge is 0.481 e. The second kappa shape index (κ2) is 8.78. The molecule has 0 aromatic rings. The van der Waals surface area contributed by atoms with Gasteiger partial charge in [-0.1, -0.05) is 27.7 Å². The summed E-state index contributed by atoms with van der Waals surface area (Å²) in [5.74, 6) is 0.367. The van der Waals surface area contributed by atoms with Gasteiger partial charge in [0.2, 0.25) is 0 Å². The SMILES string of the molecule is CC(CCC(=O)O)CNC(=O)NCC(C)C(C)C. The molecular weight excluding hydrogens is 232 g/mol. The first-order valence-corrected chi connectivity index (χ1v) is 6.56. The third-order valence-corrected chi connectivity index (χ3v) is 3.18. The fourth-order valence-corrected chi connectivity index (χ4v) is 1.29. The van der Waals surface area contributed by atoms with Gasteiger partial charge in [-0.15, -0.1) is 0 Å². The number of carbonyl (C=O) groups is 2. The van der Waals surface area contributed by atoms with Crippen LogP contribution >= 0.6 is 0 Å². The van der Waals surface area contributed by atoms with E-state index in [1.165, 1.54) is 0 Å². The molecule has 3 N–H and O–H groups in total. The Labute approximate surface area is 109 Å². The van der Waals surface area contributed by atoms with Crippen molar-refractivity contribution in [2.45, 2.75) is 40.5 Å². The number of urea groups is 1. The molecule has 0 saturated carbocycles. The lowest BCUT2D eigenvalue weighted by atomic mass is 9.98. The highest BCUT2D eigenvalue weighted by Crippen LogP contribution is 2.07. The van der Waals surface area contributed by atoms with Crippen molar-refractivity contribution in [1.29, 1.82) is 0 Å². The van der Waals surface area contributed by atoms with Crippen LogP contribution in [0.4, 0.5) is 4.79 Å². The van der Waals surface area contributed by atoms with E-state index in [0.29, 0.717) is 31.3 Å². The molecule has 0 bridgehead atoms. The Kier molecular flexibility index (Phi) is 8.16. The molecule has 18 heavy (non-hydrogen) atoms. The van der Waals surface area contributed by atoms with Crippen LogP contribution in [-0.2, 0) is 4.79 Å². The third kappa shape index (κ3) is 8.84. The van der Waals surface area contributed by atoms with E-state index in [4.69, 9.17) is 5.11 Å². The van der Waals surface area contributed by atoms with Gasteiger partial charge in [-0.2, -0.15) is 0 Å². The van der Waals surface area contributed by atoms with E-state index in [1.54, 1.807) is 0 Å². The molecule has 0 aliphatic carbocycles. The van der Waals surface area contributed by atoms with Crippen LogP contribution in [-0.4, -0.2) is 30.2 Å². The summed E-state index contributed by atoms with van der Waals surface area (Å²) in [4.78, 5) is 21.9. The molecule has 5 nitrogen and oxygen atoms in total. The number of nitrogens with one attached hydrogen (secondary N) is 2. The Balaban J connectivity index is 3.67. The molecule has 0 fully saturated rings. The van der Waals surface area contributed by atoms with Gasteiger partial charge in [0.1, 0.15) is 0 Å². The minimum atomic E-state index is -0.794. The van der Waals surface area contributed by atoms with Gasteiger partial charge in [-0.25, -0.2) is 4.79 Å². The van der Waals surface area contributed by atoms with E-state index in [2.05, 4.69) is 31.4 Å². The number of aliphatic carboxylic acids is 1. The number of carboxylic acid groups (broad SMARTS) is 1. The summed E-state index contributed by atoms with van der Waals surface area (Å²) in [6.45, 7) is 9.44. The number of hydrogen-bond donors (Lipinski definition) is 3. The van der Waals surface area contributed by atoms with Crippen molar-refractivity contribution in [3.05, 3.63) is 0 Å². The van der Waals surface area contributed by atoms with Crippen molar-refractivity contribution in [2.24, 2.45) is 17.8 Å². The summed E-state index contributed by atoms with van der Waals surface area (Å²) in [5.41, 5.74) is 0. The Bertz CT molecular complexity index is 267. The molecule has 0 rings (SSSR count). The van der Waals surface area contributed by atoms with Crippen LogP contribution in [0.2, 0.25) is 0 Å². The highest BCUT2D eigenvalue weighted by atomic mass is 16.4. The van der Waals surface area contributed by atoms with Crippen molar-refractivity contribution < 1.29 is 14.7 Å². The van der Waals surface area contributed by atoms with Crippen LogP contribution in [0.3, 0.4) is 0 Å². The van der Waals surface area contributed by atoms with Crippen molar-refractivity contribution >= 4 is 12.0 Å². The first-order valence-electron chi connectivity index (χ1n) is 6.56. The highest BCUT2D eigenvalue weighted by Gasteiger charge is 2.10. The molecule has 0 spiro atoms. The van der Waals surface area contributed by atoms with Gasteiger partial charge in [0.05, 0.1) is 0 Å². The standard InChI is InChI=1S/C13H26N2O3/c1-9(2)11(4)8-15-13(18)14-7-10(3)5-6-12(16)17/h9-11H,5-8H2,1-4H3,(H,16,17)(H2,14,15,18). The second-order valence-corrected chi connectivity index (χ2v) is 5.35. The maximum Gasteiger partial charge on any atom is 0.314 e. The van der Waals surface area contributed by atoms with Crippen LogP contribution in [0, 0.1) is 17.8 Å². The fourth-order valence-electron chi connectivity index (χ4n) is 1.29. The molecule has 0 heterocycles. The zero-order valence-corrected chi connectivity index (χ0v) is 11.8. The first-order chi connectivity index (χ1) is 8.32. The van der Waals surface area contributed by atoms with Crippen LogP contribution in [0.15, 0.2) is 0 Å². The third-order valence-electron chi connectivity index (χ3n) is 3.18. The smallest absolute Gasteiger partial charge is 0.314 e. The molecule has 0 aliphatic heterocycles. The minimum Gasteiger partial charge on any atom is -0.481 e. The monoisotopic (exact) mass is 258 g/mol. The van der Waals surface area contributed by atoms with Crippen LogP contribution in [0.5, 0.6) is 0 Å². The van der Waals surface area contributed by atoms with Crippen LogP contribution in [0.1, 0.15) is 40.5 Å². The van der Waals surface area contributed by atoms with Gasteiger partial charge < -0.3 is 15.7 Å². The van der Waals surface area contributed by atoms with Crippen molar-refractivity contribution in [3.8, 4) is 0 Å². The summed E-state index contributed by atoms with van der Waals surface area (Å²) in [6.07, 6.45) is 0.729. The Morgan fingerprint density at radius 3 is 2.11 bits per heavy atom. The summed E-state index contributed by atoms with van der Waals surface area (Å²) >= 11 is 0. The van der Waals surface area contributed by atoms with E-state index in [1.807, 2.05) is 6.92 Å². The van der Waals surface area contributed by atoms with Crippen molar-refractivity contribution in [1.82, 2.24) is 10.6 Å². The molecule has 0 aromatic carbocycles. The second-order valence-electron chi connectivity index (χ2n) is 5.35. The minimum absolute atomic E-state index is 0.148. The first kappa shape index (κ1) is 16.7. The predicted octanol–water partition coefficient (Wildman–Crippen LogP) is 2.08.